The number of amidine groups is 1. The van der Waals surface area contributed by atoms with Crippen LogP contribution in [0.5, 0.6) is 0 Å². The first-order valence-corrected chi connectivity index (χ1v) is 2.61. The lowest BCUT2D eigenvalue weighted by Gasteiger charge is -1.85. The van der Waals surface area contributed by atoms with Gasteiger partial charge in [-0.2, -0.15) is 0 Å². The van der Waals surface area contributed by atoms with Gasteiger partial charge in [0.15, 0.2) is 0 Å². The Bertz CT molecular complexity index is 252. The first-order valence-electron chi connectivity index (χ1n) is 2.61. The molecule has 0 saturated heterocycles. The van der Waals surface area contributed by atoms with Crippen molar-refractivity contribution in [1.29, 1.82) is 0 Å². The molecule has 1 aromatic rings. The van der Waals surface area contributed by atoms with Crippen molar-refractivity contribution < 1.29 is 5.21 Å². The van der Waals surface area contributed by atoms with Crippen LogP contribution in [0, 0.1) is 6.92 Å². The summed E-state index contributed by atoms with van der Waals surface area (Å²) >= 11 is 0. The average Bonchev–Trinajstić information content (AvgIpc) is 2.34. The molecule has 0 amide bonds. The van der Waals surface area contributed by atoms with Crippen LogP contribution in [0.2, 0.25) is 0 Å². The van der Waals surface area contributed by atoms with Crippen LogP contribution < -0.4 is 5.73 Å². The number of nitrogens with one attached hydrogen (secondary N) is 1. The van der Waals surface area contributed by atoms with Gasteiger partial charge in [-0.25, -0.2) is 4.98 Å². The van der Waals surface area contributed by atoms with Crippen molar-refractivity contribution in [1.82, 2.24) is 15.2 Å². The van der Waals surface area contributed by atoms with E-state index in [2.05, 4.69) is 20.3 Å². The van der Waals surface area contributed by atoms with Crippen molar-refractivity contribution in [2.45, 2.75) is 6.92 Å². The Kier molecular flexibility index (Phi) is 1.53. The SMILES string of the molecule is Cc1nc(/C(N)=N/O)n[nH]1. The molecule has 0 aliphatic carbocycles. The number of nitrogens with zero attached hydrogens (tertiary/aromatic N) is 3. The molecule has 0 fully saturated rings. The number of nitrogens with two attached hydrogens (primary N) is 1. The molecule has 0 aromatic carbocycles. The minimum Gasteiger partial charge on any atom is -0.409 e. The van der Waals surface area contributed by atoms with Crippen LogP contribution >= 0.6 is 0 Å². The normalized spacial score (nSPS) is 11.9. The molecule has 0 saturated carbocycles. The fraction of sp³-hybridized carbons (Fsp3) is 0.250. The zero-order valence-corrected chi connectivity index (χ0v) is 5.37. The van der Waals surface area contributed by atoms with Gasteiger partial charge in [-0.05, 0) is 6.92 Å². The molecule has 0 aliphatic heterocycles. The predicted molar refractivity (Wildman–Crippen MR) is 33.6 cm³/mol. The number of hydrogen-bond donors (Lipinski definition) is 3. The van der Waals surface area contributed by atoms with Gasteiger partial charge in [0.1, 0.15) is 5.82 Å². The zero-order valence-electron chi connectivity index (χ0n) is 5.37. The summed E-state index contributed by atoms with van der Waals surface area (Å²) in [5.41, 5.74) is 5.16. The largest absolute Gasteiger partial charge is 0.409 e. The topological polar surface area (TPSA) is 100 Å². The molecule has 10 heavy (non-hydrogen) atoms. The van der Waals surface area contributed by atoms with Gasteiger partial charge in [-0.1, -0.05) is 5.16 Å². The molecule has 54 valence electrons. The van der Waals surface area contributed by atoms with Gasteiger partial charge < -0.3 is 10.9 Å². The van der Waals surface area contributed by atoms with Crippen molar-refractivity contribution in [3.05, 3.63) is 11.6 Å². The lowest BCUT2D eigenvalue weighted by atomic mass is 10.6. The van der Waals surface area contributed by atoms with Crippen LogP contribution in [0.1, 0.15) is 11.6 Å². The minimum atomic E-state index is -0.0932. The highest BCUT2D eigenvalue weighted by Gasteiger charge is 2.03. The van der Waals surface area contributed by atoms with Gasteiger partial charge in [0.2, 0.25) is 11.7 Å². The third kappa shape index (κ3) is 1.04. The number of aromatic amines is 1. The van der Waals surface area contributed by atoms with Crippen LogP contribution in [0.25, 0.3) is 0 Å². The van der Waals surface area contributed by atoms with Crippen molar-refractivity contribution in [3.63, 3.8) is 0 Å². The minimum absolute atomic E-state index is 0.0932. The van der Waals surface area contributed by atoms with Gasteiger partial charge >= 0.3 is 0 Å². The van der Waals surface area contributed by atoms with E-state index >= 15 is 0 Å². The molecule has 0 atom stereocenters. The van der Waals surface area contributed by atoms with E-state index in [-0.39, 0.29) is 11.7 Å². The molecule has 1 aromatic heterocycles. The highest BCUT2D eigenvalue weighted by Crippen LogP contribution is 1.88. The monoisotopic (exact) mass is 141 g/mol. The summed E-state index contributed by atoms with van der Waals surface area (Å²) in [5, 5.41) is 17.1. The molecule has 1 heterocycles. The van der Waals surface area contributed by atoms with Gasteiger partial charge in [0, 0.05) is 0 Å². The fourth-order valence-electron chi connectivity index (χ4n) is 0.502. The number of oxime groups is 1. The van der Waals surface area contributed by atoms with Crippen LogP contribution in [0.4, 0.5) is 0 Å². The second-order valence-corrected chi connectivity index (χ2v) is 1.73. The summed E-state index contributed by atoms with van der Waals surface area (Å²) < 4.78 is 0. The standard InChI is InChI=1S/C4H7N5O/c1-2-6-4(8-7-2)3(5)9-10/h10H,1H3,(H2,5,9)(H,6,7,8). The summed E-state index contributed by atoms with van der Waals surface area (Å²) in [6, 6.07) is 0. The highest BCUT2D eigenvalue weighted by molar-refractivity contribution is 5.93. The lowest BCUT2D eigenvalue weighted by Crippen LogP contribution is -2.14. The summed E-state index contributed by atoms with van der Waals surface area (Å²) in [6.07, 6.45) is 0. The predicted octanol–water partition coefficient (Wildman–Crippen LogP) is -0.792. The van der Waals surface area contributed by atoms with Crippen LogP contribution in [0.15, 0.2) is 5.16 Å². The summed E-state index contributed by atoms with van der Waals surface area (Å²) in [6.45, 7) is 1.72. The molecule has 6 heteroatoms. The number of H-pyrrole nitrogens is 1. The number of aryl methyl sites for hydroxylation is 1. The second kappa shape index (κ2) is 2.34. The molecular weight excluding hydrogens is 134 g/mol. The Morgan fingerprint density at radius 2 is 2.50 bits per heavy atom. The van der Waals surface area contributed by atoms with E-state index in [0.29, 0.717) is 5.82 Å². The molecular formula is C4H7N5O. The Labute approximate surface area is 56.8 Å². The van der Waals surface area contributed by atoms with Gasteiger partial charge in [0.05, 0.1) is 0 Å². The van der Waals surface area contributed by atoms with Crippen LogP contribution in [0.3, 0.4) is 0 Å². The van der Waals surface area contributed by atoms with Gasteiger partial charge in [-0.3, -0.25) is 5.10 Å². The Morgan fingerprint density at radius 3 is 2.90 bits per heavy atom. The maximum Gasteiger partial charge on any atom is 0.219 e. The molecule has 0 spiro atoms. The van der Waals surface area contributed by atoms with Crippen molar-refractivity contribution in [3.8, 4) is 0 Å². The quantitative estimate of drug-likeness (QED) is 0.206. The summed E-state index contributed by atoms with van der Waals surface area (Å²) in [4.78, 5) is 3.80. The highest BCUT2D eigenvalue weighted by atomic mass is 16.4. The fourth-order valence-corrected chi connectivity index (χ4v) is 0.502. The molecule has 1 rings (SSSR count). The second-order valence-electron chi connectivity index (χ2n) is 1.73. The van der Waals surface area contributed by atoms with E-state index in [1.807, 2.05) is 0 Å². The van der Waals surface area contributed by atoms with E-state index < -0.39 is 0 Å². The van der Waals surface area contributed by atoms with Crippen LogP contribution in [-0.2, 0) is 0 Å². The van der Waals surface area contributed by atoms with E-state index in [1.54, 1.807) is 6.92 Å². The van der Waals surface area contributed by atoms with Gasteiger partial charge in [-0.15, -0.1) is 5.10 Å². The molecule has 6 nitrogen and oxygen atoms in total. The Hall–Kier alpha value is -1.59. The van der Waals surface area contributed by atoms with Crippen molar-refractivity contribution in [2.75, 3.05) is 0 Å². The molecule has 4 N–H and O–H groups in total. The molecule has 0 bridgehead atoms. The number of hydrogen-bond acceptors (Lipinski definition) is 4. The maximum atomic E-state index is 8.17. The first-order chi connectivity index (χ1) is 4.74. The Balaban J connectivity index is 2.95. The third-order valence-electron chi connectivity index (χ3n) is 0.934. The molecule has 0 radical (unpaired) electrons. The maximum absolute atomic E-state index is 8.17. The van der Waals surface area contributed by atoms with E-state index in [9.17, 15) is 0 Å². The molecule has 0 unspecified atom stereocenters. The van der Waals surface area contributed by atoms with Crippen molar-refractivity contribution >= 4 is 5.84 Å². The lowest BCUT2D eigenvalue weighted by molar-refractivity contribution is 0.318. The smallest absolute Gasteiger partial charge is 0.219 e. The summed E-state index contributed by atoms with van der Waals surface area (Å²) in [7, 11) is 0. The van der Waals surface area contributed by atoms with Crippen molar-refractivity contribution in [2.24, 2.45) is 10.9 Å². The summed E-state index contributed by atoms with van der Waals surface area (Å²) in [5.74, 6) is 0.742. The zero-order chi connectivity index (χ0) is 7.56. The average molecular weight is 141 g/mol. The number of rotatable bonds is 1. The third-order valence-corrected chi connectivity index (χ3v) is 0.934. The van der Waals surface area contributed by atoms with Gasteiger partial charge in [0.25, 0.3) is 0 Å². The number of aromatic nitrogens is 3. The van der Waals surface area contributed by atoms with Crippen LogP contribution in [-0.4, -0.2) is 26.2 Å². The van der Waals surface area contributed by atoms with E-state index in [4.69, 9.17) is 10.9 Å². The molecule has 0 aliphatic rings. The Morgan fingerprint density at radius 1 is 1.80 bits per heavy atom. The van der Waals surface area contributed by atoms with E-state index in [1.165, 1.54) is 0 Å². The first kappa shape index (κ1) is 6.53. The van der Waals surface area contributed by atoms with E-state index in [0.717, 1.165) is 0 Å².